The van der Waals surface area contributed by atoms with Crippen LogP contribution in [0.4, 0.5) is 0 Å². The molecule has 0 radical (unpaired) electrons. The Bertz CT molecular complexity index is 654. The van der Waals surface area contributed by atoms with Crippen LogP contribution in [-0.2, 0) is 6.42 Å². The number of aryl methyl sites for hydroxylation is 4. The monoisotopic (exact) mass is 303 g/mol. The molecule has 2 aromatic rings. The lowest BCUT2D eigenvalue weighted by atomic mass is 10.0. The summed E-state index contributed by atoms with van der Waals surface area (Å²) in [5.41, 5.74) is 10.3. The Morgan fingerprint density at radius 3 is 2.55 bits per heavy atom. The second-order valence-electron chi connectivity index (χ2n) is 5.30. The molecule has 0 saturated carbocycles. The summed E-state index contributed by atoms with van der Waals surface area (Å²) in [7, 11) is 0. The first-order valence-corrected chi connectivity index (χ1v) is 7.14. The van der Waals surface area contributed by atoms with Crippen molar-refractivity contribution in [2.75, 3.05) is 6.61 Å². The average molecular weight is 303 g/mol. The van der Waals surface area contributed by atoms with Gasteiger partial charge in [0, 0.05) is 11.1 Å². The van der Waals surface area contributed by atoms with E-state index < -0.39 is 0 Å². The van der Waals surface area contributed by atoms with Gasteiger partial charge in [-0.3, -0.25) is 0 Å². The topological polar surface area (TPSA) is 93.9 Å². The number of aromatic nitrogens is 1. The third-order valence-corrected chi connectivity index (χ3v) is 3.55. The Morgan fingerprint density at radius 2 is 2.00 bits per heavy atom. The van der Waals surface area contributed by atoms with E-state index in [-0.39, 0.29) is 5.84 Å². The maximum atomic E-state index is 8.74. The first kappa shape index (κ1) is 15.9. The Morgan fingerprint density at radius 1 is 1.32 bits per heavy atom. The molecule has 0 aliphatic heterocycles. The average Bonchev–Trinajstić information content (AvgIpc) is 2.90. The van der Waals surface area contributed by atoms with Gasteiger partial charge in [-0.05, 0) is 56.9 Å². The van der Waals surface area contributed by atoms with E-state index in [4.69, 9.17) is 20.2 Å². The molecule has 2 rings (SSSR count). The lowest BCUT2D eigenvalue weighted by Gasteiger charge is -2.13. The van der Waals surface area contributed by atoms with E-state index in [2.05, 4.69) is 10.3 Å². The summed E-state index contributed by atoms with van der Waals surface area (Å²) in [5, 5.41) is 15.6. The summed E-state index contributed by atoms with van der Waals surface area (Å²) in [5.74, 6) is 0.942. The highest BCUT2D eigenvalue weighted by molar-refractivity contribution is 5.97. The standard InChI is InChI=1S/C16H21N3O3/c1-10-7-14(16(17)18-20)8-11(2)15(10)21-6-4-5-13-9-22-19-12(13)3/h7-9,20H,4-6H2,1-3H3,(H2,17,18). The zero-order valence-corrected chi connectivity index (χ0v) is 13.1. The summed E-state index contributed by atoms with van der Waals surface area (Å²) in [6.45, 7) is 6.43. The van der Waals surface area contributed by atoms with E-state index in [1.54, 1.807) is 6.26 Å². The Labute approximate surface area is 129 Å². The second-order valence-corrected chi connectivity index (χ2v) is 5.30. The summed E-state index contributed by atoms with van der Waals surface area (Å²) in [6.07, 6.45) is 3.43. The van der Waals surface area contributed by atoms with Crippen LogP contribution in [0.1, 0.15) is 34.4 Å². The first-order chi connectivity index (χ1) is 10.5. The molecule has 6 nitrogen and oxygen atoms in total. The van der Waals surface area contributed by atoms with Crippen LogP contribution in [0.2, 0.25) is 0 Å². The van der Waals surface area contributed by atoms with Gasteiger partial charge in [-0.15, -0.1) is 0 Å². The summed E-state index contributed by atoms with van der Waals surface area (Å²) >= 11 is 0. The van der Waals surface area contributed by atoms with Gasteiger partial charge in [0.1, 0.15) is 12.0 Å². The maximum absolute atomic E-state index is 8.74. The van der Waals surface area contributed by atoms with Gasteiger partial charge in [0.25, 0.3) is 0 Å². The fourth-order valence-corrected chi connectivity index (χ4v) is 2.37. The van der Waals surface area contributed by atoms with Crippen molar-refractivity contribution < 1.29 is 14.5 Å². The second kappa shape index (κ2) is 6.98. The van der Waals surface area contributed by atoms with E-state index in [1.807, 2.05) is 32.9 Å². The first-order valence-electron chi connectivity index (χ1n) is 7.14. The van der Waals surface area contributed by atoms with Crippen molar-refractivity contribution >= 4 is 5.84 Å². The van der Waals surface area contributed by atoms with E-state index >= 15 is 0 Å². The summed E-state index contributed by atoms with van der Waals surface area (Å²) in [6, 6.07) is 3.70. The number of ether oxygens (including phenoxy) is 1. The van der Waals surface area contributed by atoms with Crippen molar-refractivity contribution in [2.45, 2.75) is 33.6 Å². The molecule has 0 saturated heterocycles. The van der Waals surface area contributed by atoms with Crippen molar-refractivity contribution in [1.29, 1.82) is 0 Å². The van der Waals surface area contributed by atoms with Crippen LogP contribution in [0.15, 0.2) is 28.1 Å². The highest BCUT2D eigenvalue weighted by Crippen LogP contribution is 2.25. The Kier molecular flexibility index (Phi) is 5.04. The van der Waals surface area contributed by atoms with Crippen molar-refractivity contribution in [1.82, 2.24) is 5.16 Å². The molecule has 0 fully saturated rings. The van der Waals surface area contributed by atoms with Gasteiger partial charge in [0.15, 0.2) is 5.84 Å². The molecular formula is C16H21N3O3. The summed E-state index contributed by atoms with van der Waals surface area (Å²) in [4.78, 5) is 0. The van der Waals surface area contributed by atoms with Crippen molar-refractivity contribution in [3.05, 3.63) is 46.3 Å². The van der Waals surface area contributed by atoms with Crippen LogP contribution in [0, 0.1) is 20.8 Å². The molecule has 0 amide bonds. The molecule has 0 unspecified atom stereocenters. The number of benzene rings is 1. The molecule has 0 atom stereocenters. The molecule has 22 heavy (non-hydrogen) atoms. The quantitative estimate of drug-likeness (QED) is 0.281. The van der Waals surface area contributed by atoms with Gasteiger partial charge < -0.3 is 20.2 Å². The number of amidine groups is 1. The molecule has 0 aliphatic carbocycles. The molecule has 0 spiro atoms. The van der Waals surface area contributed by atoms with Crippen LogP contribution >= 0.6 is 0 Å². The summed E-state index contributed by atoms with van der Waals surface area (Å²) < 4.78 is 10.8. The van der Waals surface area contributed by atoms with Crippen LogP contribution in [0.5, 0.6) is 5.75 Å². The zero-order chi connectivity index (χ0) is 16.1. The van der Waals surface area contributed by atoms with E-state index in [9.17, 15) is 0 Å². The predicted molar refractivity (Wildman–Crippen MR) is 83.5 cm³/mol. The molecule has 3 N–H and O–H groups in total. The Hall–Kier alpha value is -2.50. The number of hydrogen-bond donors (Lipinski definition) is 2. The lowest BCUT2D eigenvalue weighted by molar-refractivity contribution is 0.306. The largest absolute Gasteiger partial charge is 0.493 e. The van der Waals surface area contributed by atoms with Crippen LogP contribution in [0.25, 0.3) is 0 Å². The number of oxime groups is 1. The Balaban J connectivity index is 1.97. The van der Waals surface area contributed by atoms with E-state index in [0.29, 0.717) is 12.2 Å². The highest BCUT2D eigenvalue weighted by Gasteiger charge is 2.09. The molecule has 1 aromatic heterocycles. The smallest absolute Gasteiger partial charge is 0.170 e. The predicted octanol–water partition coefficient (Wildman–Crippen LogP) is 2.71. The number of rotatable bonds is 6. The van der Waals surface area contributed by atoms with Crippen molar-refractivity contribution in [3.63, 3.8) is 0 Å². The van der Waals surface area contributed by atoms with Crippen LogP contribution < -0.4 is 10.5 Å². The third-order valence-electron chi connectivity index (χ3n) is 3.55. The van der Waals surface area contributed by atoms with E-state index in [0.717, 1.165) is 41.0 Å². The van der Waals surface area contributed by atoms with Gasteiger partial charge in [-0.1, -0.05) is 10.3 Å². The molecule has 1 aromatic carbocycles. The van der Waals surface area contributed by atoms with Crippen LogP contribution in [-0.4, -0.2) is 22.8 Å². The fraction of sp³-hybridized carbons (Fsp3) is 0.375. The number of nitrogens with two attached hydrogens (primary N) is 1. The minimum Gasteiger partial charge on any atom is -0.493 e. The van der Waals surface area contributed by atoms with Gasteiger partial charge >= 0.3 is 0 Å². The fourth-order valence-electron chi connectivity index (χ4n) is 2.37. The minimum absolute atomic E-state index is 0.0979. The molecule has 0 bridgehead atoms. The zero-order valence-electron chi connectivity index (χ0n) is 13.1. The molecule has 118 valence electrons. The highest BCUT2D eigenvalue weighted by atomic mass is 16.5. The number of hydrogen-bond acceptors (Lipinski definition) is 5. The van der Waals surface area contributed by atoms with E-state index in [1.165, 1.54) is 0 Å². The lowest BCUT2D eigenvalue weighted by Crippen LogP contribution is -2.14. The third kappa shape index (κ3) is 3.58. The normalized spacial score (nSPS) is 11.7. The molecule has 6 heteroatoms. The van der Waals surface area contributed by atoms with Gasteiger partial charge in [-0.25, -0.2) is 0 Å². The SMILES string of the molecule is Cc1cc(C(N)=NO)cc(C)c1OCCCc1conc1C. The van der Waals surface area contributed by atoms with Crippen LogP contribution in [0.3, 0.4) is 0 Å². The molecule has 1 heterocycles. The van der Waals surface area contributed by atoms with Crippen molar-refractivity contribution in [2.24, 2.45) is 10.9 Å². The van der Waals surface area contributed by atoms with Gasteiger partial charge in [0.2, 0.25) is 0 Å². The van der Waals surface area contributed by atoms with Gasteiger partial charge in [-0.2, -0.15) is 0 Å². The van der Waals surface area contributed by atoms with Gasteiger partial charge in [0.05, 0.1) is 12.3 Å². The number of nitrogens with zero attached hydrogens (tertiary/aromatic N) is 2. The minimum atomic E-state index is 0.0979. The molecule has 0 aliphatic rings. The molecular weight excluding hydrogens is 282 g/mol. The van der Waals surface area contributed by atoms with Crippen molar-refractivity contribution in [3.8, 4) is 5.75 Å². The maximum Gasteiger partial charge on any atom is 0.170 e.